The number of nitro benzene ring substituents is 1. The first kappa shape index (κ1) is 14.3. The molecule has 0 N–H and O–H groups in total. The lowest BCUT2D eigenvalue weighted by Gasteiger charge is -2.24. The number of carbonyl (C=O) groups is 1. The van der Waals surface area contributed by atoms with Gasteiger partial charge in [-0.15, -0.1) is 0 Å². The quantitative estimate of drug-likeness (QED) is 0.621. The summed E-state index contributed by atoms with van der Waals surface area (Å²) in [5.41, 5.74) is -1.85. The lowest BCUT2D eigenvalue weighted by molar-refractivity contribution is -0.384. The molecule has 0 saturated carbocycles. The van der Waals surface area contributed by atoms with E-state index in [0.717, 1.165) is 17.9 Å². The predicted octanol–water partition coefficient (Wildman–Crippen LogP) is 2.78. The topological polar surface area (TPSA) is 63.5 Å². The summed E-state index contributed by atoms with van der Waals surface area (Å²) < 4.78 is 38.1. The highest BCUT2D eigenvalue weighted by atomic mass is 19.4. The molecule has 0 aromatic heterocycles. The van der Waals surface area contributed by atoms with Crippen LogP contribution in [0.2, 0.25) is 0 Å². The maximum atomic E-state index is 12.7. The molecule has 2 rings (SSSR count). The summed E-state index contributed by atoms with van der Waals surface area (Å²) in [6, 6.07) is 3.51. The number of rotatable bonds is 2. The zero-order valence-corrected chi connectivity index (χ0v) is 10.7. The van der Waals surface area contributed by atoms with Gasteiger partial charge in [-0.1, -0.05) is 0 Å². The molecule has 0 radical (unpaired) electrons. The number of halogens is 3. The molecule has 5 nitrogen and oxygen atoms in total. The molecule has 1 atom stereocenters. The largest absolute Gasteiger partial charge is 0.390 e. The molecule has 1 aromatic carbocycles. The minimum Gasteiger partial charge on any atom is -0.314 e. The van der Waals surface area contributed by atoms with Gasteiger partial charge in [0.1, 0.15) is 0 Å². The van der Waals surface area contributed by atoms with Crippen LogP contribution in [0.15, 0.2) is 18.2 Å². The summed E-state index contributed by atoms with van der Waals surface area (Å²) in [5.74, 6) is -0.717. The van der Waals surface area contributed by atoms with Crippen molar-refractivity contribution in [3.63, 3.8) is 0 Å². The Balaban J connectivity index is 2.60. The number of nitro groups is 1. The van der Waals surface area contributed by atoms with E-state index >= 15 is 0 Å². The van der Waals surface area contributed by atoms with E-state index in [1.165, 1.54) is 19.2 Å². The van der Waals surface area contributed by atoms with Gasteiger partial charge in [-0.3, -0.25) is 14.9 Å². The first-order valence-electron chi connectivity index (χ1n) is 5.70. The fourth-order valence-corrected chi connectivity index (χ4v) is 2.54. The fourth-order valence-electron chi connectivity index (χ4n) is 2.54. The number of hydrogen-bond donors (Lipinski definition) is 0. The smallest absolute Gasteiger partial charge is 0.314 e. The number of benzene rings is 1. The van der Waals surface area contributed by atoms with Crippen molar-refractivity contribution in [2.45, 2.75) is 24.9 Å². The van der Waals surface area contributed by atoms with E-state index < -0.39 is 28.8 Å². The highest BCUT2D eigenvalue weighted by molar-refractivity contribution is 6.07. The van der Waals surface area contributed by atoms with Crippen molar-refractivity contribution in [2.75, 3.05) is 11.9 Å². The number of alkyl halides is 3. The zero-order valence-electron chi connectivity index (χ0n) is 10.7. The number of hydrogen-bond acceptors (Lipinski definition) is 3. The highest BCUT2D eigenvalue weighted by Gasteiger charge is 2.52. The second kappa shape index (κ2) is 4.19. The molecule has 0 aliphatic carbocycles. The summed E-state index contributed by atoms with van der Waals surface area (Å²) >= 11 is 0. The van der Waals surface area contributed by atoms with Crippen molar-refractivity contribution in [3.05, 3.63) is 33.9 Å². The minimum atomic E-state index is -4.54. The lowest BCUT2D eigenvalue weighted by atomic mass is 9.80. The van der Waals surface area contributed by atoms with Gasteiger partial charge in [-0.05, 0) is 18.6 Å². The molecule has 1 aliphatic heterocycles. The Morgan fingerprint density at radius 1 is 1.40 bits per heavy atom. The van der Waals surface area contributed by atoms with Gasteiger partial charge in [0.2, 0.25) is 5.91 Å². The van der Waals surface area contributed by atoms with Gasteiger partial charge in [-0.25, -0.2) is 0 Å². The molecular weight excluding hydrogens is 277 g/mol. The van der Waals surface area contributed by atoms with Crippen LogP contribution in [0, 0.1) is 10.1 Å². The van der Waals surface area contributed by atoms with Crippen molar-refractivity contribution >= 4 is 17.3 Å². The van der Waals surface area contributed by atoms with Crippen LogP contribution >= 0.6 is 0 Å². The summed E-state index contributed by atoms with van der Waals surface area (Å²) in [6.07, 6.45) is -5.89. The zero-order chi connectivity index (χ0) is 15.3. The van der Waals surface area contributed by atoms with Crippen LogP contribution < -0.4 is 4.90 Å². The molecule has 1 aromatic rings. The molecule has 1 aliphatic rings. The Morgan fingerprint density at radius 3 is 2.50 bits per heavy atom. The molecule has 1 amide bonds. The summed E-state index contributed by atoms with van der Waals surface area (Å²) in [6.45, 7) is 1.16. The Kier molecular flexibility index (Phi) is 2.99. The van der Waals surface area contributed by atoms with E-state index in [-0.39, 0.29) is 16.9 Å². The highest BCUT2D eigenvalue weighted by Crippen LogP contribution is 2.47. The average Bonchev–Trinajstić information content (AvgIpc) is 2.49. The normalized spacial score (nSPS) is 22.1. The van der Waals surface area contributed by atoms with Crippen molar-refractivity contribution < 1.29 is 22.9 Å². The number of carbonyl (C=O) groups excluding carboxylic acids is 1. The van der Waals surface area contributed by atoms with Crippen LogP contribution in [0.4, 0.5) is 24.5 Å². The molecule has 20 heavy (non-hydrogen) atoms. The van der Waals surface area contributed by atoms with Gasteiger partial charge >= 0.3 is 6.18 Å². The third-order valence-corrected chi connectivity index (χ3v) is 3.48. The number of likely N-dealkylation sites (N-methyl/N-ethyl adjacent to an activating group) is 1. The van der Waals surface area contributed by atoms with Gasteiger partial charge in [-0.2, -0.15) is 13.2 Å². The van der Waals surface area contributed by atoms with E-state index in [4.69, 9.17) is 0 Å². The molecular formula is C12H11F3N2O3. The van der Waals surface area contributed by atoms with Gasteiger partial charge in [0.25, 0.3) is 5.69 Å². The van der Waals surface area contributed by atoms with Gasteiger partial charge in [0.15, 0.2) is 0 Å². The maximum absolute atomic E-state index is 12.7. The van der Waals surface area contributed by atoms with E-state index in [9.17, 15) is 28.1 Å². The minimum absolute atomic E-state index is 0.0384. The predicted molar refractivity (Wildman–Crippen MR) is 64.5 cm³/mol. The number of anilines is 1. The first-order valence-corrected chi connectivity index (χ1v) is 5.70. The second-order valence-electron chi connectivity index (χ2n) is 4.95. The number of amides is 1. The fraction of sp³-hybridized carbons (Fsp3) is 0.417. The summed E-state index contributed by atoms with van der Waals surface area (Å²) in [7, 11) is 1.36. The SMILES string of the molecule is CN1C(=O)C(C)(CC(F)(F)F)c2cc([N+](=O)[O-])ccc21. The summed E-state index contributed by atoms with van der Waals surface area (Å²) in [5, 5.41) is 10.7. The first-order chi connectivity index (χ1) is 9.06. The van der Waals surface area contributed by atoms with E-state index in [2.05, 4.69) is 0 Å². The summed E-state index contributed by atoms with van der Waals surface area (Å²) in [4.78, 5) is 23.2. The molecule has 0 spiro atoms. The maximum Gasteiger partial charge on any atom is 0.390 e. The Labute approximate surface area is 112 Å². The molecule has 0 bridgehead atoms. The van der Waals surface area contributed by atoms with Crippen LogP contribution in [0.1, 0.15) is 18.9 Å². The molecule has 108 valence electrons. The van der Waals surface area contributed by atoms with Crippen molar-refractivity contribution in [3.8, 4) is 0 Å². The van der Waals surface area contributed by atoms with E-state index in [1.807, 2.05) is 0 Å². The number of nitrogens with zero attached hydrogens (tertiary/aromatic N) is 2. The second-order valence-corrected chi connectivity index (χ2v) is 4.95. The standard InChI is InChI=1S/C12H11F3N2O3/c1-11(6-12(13,14)15)8-5-7(17(19)20)3-4-9(8)16(2)10(11)18/h3-5H,6H2,1-2H3. The van der Waals surface area contributed by atoms with Crippen molar-refractivity contribution in [1.82, 2.24) is 0 Å². The van der Waals surface area contributed by atoms with Gasteiger partial charge in [0.05, 0.1) is 16.8 Å². The van der Waals surface area contributed by atoms with Crippen LogP contribution in [0.3, 0.4) is 0 Å². The lowest BCUT2D eigenvalue weighted by Crippen LogP contribution is -2.39. The van der Waals surface area contributed by atoms with Gasteiger partial charge < -0.3 is 4.90 Å². The molecule has 8 heteroatoms. The average molecular weight is 288 g/mol. The Hall–Kier alpha value is -2.12. The van der Waals surface area contributed by atoms with Gasteiger partial charge in [0, 0.05) is 24.9 Å². The Bertz CT molecular complexity index is 600. The number of fused-ring (bicyclic) bond motifs is 1. The Morgan fingerprint density at radius 2 is 2.00 bits per heavy atom. The molecule has 1 heterocycles. The van der Waals surface area contributed by atoms with Crippen LogP contribution in [0.5, 0.6) is 0 Å². The monoisotopic (exact) mass is 288 g/mol. The molecule has 0 fully saturated rings. The van der Waals surface area contributed by atoms with Crippen LogP contribution in [0.25, 0.3) is 0 Å². The third kappa shape index (κ3) is 2.10. The van der Waals surface area contributed by atoms with E-state index in [0.29, 0.717) is 0 Å². The number of non-ortho nitro benzene ring substituents is 1. The van der Waals surface area contributed by atoms with Crippen molar-refractivity contribution in [2.24, 2.45) is 0 Å². The molecule has 0 saturated heterocycles. The van der Waals surface area contributed by atoms with Crippen molar-refractivity contribution in [1.29, 1.82) is 0 Å². The molecule has 1 unspecified atom stereocenters. The van der Waals surface area contributed by atoms with Crippen LogP contribution in [-0.4, -0.2) is 24.1 Å². The van der Waals surface area contributed by atoms with E-state index in [1.54, 1.807) is 0 Å². The van der Waals surface area contributed by atoms with Crippen LogP contribution in [-0.2, 0) is 10.2 Å². The third-order valence-electron chi connectivity index (χ3n) is 3.48.